The van der Waals surface area contributed by atoms with Crippen LogP contribution in [0.2, 0.25) is 0 Å². The monoisotopic (exact) mass is 280 g/mol. The van der Waals surface area contributed by atoms with Crippen LogP contribution in [0.15, 0.2) is 0 Å². The van der Waals surface area contributed by atoms with Gasteiger partial charge in [-0.2, -0.15) is 0 Å². The van der Waals surface area contributed by atoms with Gasteiger partial charge in [0.25, 0.3) is 0 Å². The van der Waals surface area contributed by atoms with Gasteiger partial charge in [0.2, 0.25) is 5.91 Å². The molecule has 0 atom stereocenters. The van der Waals surface area contributed by atoms with Gasteiger partial charge in [0.1, 0.15) is 5.78 Å². The molecule has 0 radical (unpaired) electrons. The summed E-state index contributed by atoms with van der Waals surface area (Å²) in [4.78, 5) is 28.2. The van der Waals surface area contributed by atoms with E-state index in [-0.39, 0.29) is 11.8 Å². The van der Waals surface area contributed by atoms with Gasteiger partial charge in [-0.05, 0) is 59.5 Å². The summed E-state index contributed by atoms with van der Waals surface area (Å²) in [6.07, 6.45) is 5.77. The third-order valence-corrected chi connectivity index (χ3v) is 5.16. The van der Waals surface area contributed by atoms with Crippen molar-refractivity contribution < 1.29 is 9.59 Å². The number of hydrogen-bond acceptors (Lipinski definition) is 3. The van der Waals surface area contributed by atoms with Crippen LogP contribution in [0.5, 0.6) is 0 Å². The van der Waals surface area contributed by atoms with E-state index in [4.69, 9.17) is 0 Å². The molecule has 1 amide bonds. The summed E-state index contributed by atoms with van der Waals surface area (Å²) in [5, 5.41) is 0. The molecule has 0 unspecified atom stereocenters. The Balaban J connectivity index is 1.80. The van der Waals surface area contributed by atoms with Crippen molar-refractivity contribution in [3.05, 3.63) is 0 Å². The molecule has 1 saturated heterocycles. The number of rotatable bonds is 3. The molecule has 2 fully saturated rings. The van der Waals surface area contributed by atoms with Crippen LogP contribution in [0.3, 0.4) is 0 Å². The molecule has 0 N–H and O–H groups in total. The van der Waals surface area contributed by atoms with E-state index < -0.39 is 0 Å². The number of nitrogens with zero attached hydrogens (tertiary/aromatic N) is 2. The average molecular weight is 280 g/mol. The maximum Gasteiger partial charge on any atom is 0.225 e. The van der Waals surface area contributed by atoms with Crippen LogP contribution in [0.25, 0.3) is 0 Å². The Morgan fingerprint density at radius 1 is 0.900 bits per heavy atom. The summed E-state index contributed by atoms with van der Waals surface area (Å²) in [5.41, 5.74) is 0. The molecule has 2 aliphatic rings. The van der Waals surface area contributed by atoms with Gasteiger partial charge in [-0.25, -0.2) is 0 Å². The van der Waals surface area contributed by atoms with Crippen molar-refractivity contribution >= 4 is 11.7 Å². The van der Waals surface area contributed by atoms with E-state index in [1.54, 1.807) is 6.92 Å². The lowest BCUT2D eigenvalue weighted by molar-refractivity contribution is -0.139. The minimum atomic E-state index is 0.168. The first-order valence-corrected chi connectivity index (χ1v) is 7.94. The molecule has 0 bridgehead atoms. The van der Waals surface area contributed by atoms with E-state index in [0.29, 0.717) is 17.7 Å². The summed E-state index contributed by atoms with van der Waals surface area (Å²) >= 11 is 0. The van der Waals surface area contributed by atoms with Gasteiger partial charge in [0, 0.05) is 31.0 Å². The maximum atomic E-state index is 12.5. The number of ketones is 1. The maximum absolute atomic E-state index is 12.5. The minimum absolute atomic E-state index is 0.168. The van der Waals surface area contributed by atoms with Crippen LogP contribution in [-0.2, 0) is 9.59 Å². The van der Waals surface area contributed by atoms with Crippen molar-refractivity contribution in [2.45, 2.75) is 51.5 Å². The normalized spacial score (nSPS) is 28.7. The number of carbonyl (C=O) groups is 2. The first-order chi connectivity index (χ1) is 9.49. The molecule has 1 saturated carbocycles. The van der Waals surface area contributed by atoms with Crippen LogP contribution in [-0.4, -0.2) is 54.7 Å². The fourth-order valence-corrected chi connectivity index (χ4v) is 3.61. The largest absolute Gasteiger partial charge is 0.342 e. The molecule has 0 aromatic rings. The minimum Gasteiger partial charge on any atom is -0.342 e. The molecular formula is C16H28N2O2. The summed E-state index contributed by atoms with van der Waals surface area (Å²) in [7, 11) is 4.23. The Hall–Kier alpha value is -0.900. The van der Waals surface area contributed by atoms with E-state index in [1.807, 2.05) is 0 Å². The molecule has 114 valence electrons. The number of carbonyl (C=O) groups excluding carboxylic acids is 2. The Morgan fingerprint density at radius 3 is 1.85 bits per heavy atom. The lowest BCUT2D eigenvalue weighted by atomic mass is 9.79. The smallest absolute Gasteiger partial charge is 0.225 e. The zero-order valence-electron chi connectivity index (χ0n) is 13.1. The van der Waals surface area contributed by atoms with Crippen LogP contribution >= 0.6 is 0 Å². The highest BCUT2D eigenvalue weighted by Crippen LogP contribution is 2.31. The fourth-order valence-electron chi connectivity index (χ4n) is 3.61. The lowest BCUT2D eigenvalue weighted by Crippen LogP contribution is -2.47. The third-order valence-electron chi connectivity index (χ3n) is 5.16. The molecule has 0 aromatic carbocycles. The van der Waals surface area contributed by atoms with Crippen molar-refractivity contribution in [1.29, 1.82) is 0 Å². The van der Waals surface area contributed by atoms with Gasteiger partial charge in [-0.3, -0.25) is 9.59 Å². The van der Waals surface area contributed by atoms with Crippen molar-refractivity contribution in [3.63, 3.8) is 0 Å². The van der Waals surface area contributed by atoms with Gasteiger partial charge >= 0.3 is 0 Å². The zero-order chi connectivity index (χ0) is 14.7. The number of Topliss-reactive ketones (excluding diaryl/α,β-unsaturated/α-hetero) is 1. The first kappa shape index (κ1) is 15.5. The second-order valence-corrected chi connectivity index (χ2v) is 6.68. The molecule has 4 nitrogen and oxygen atoms in total. The number of likely N-dealkylation sites (tertiary alicyclic amines) is 1. The molecule has 1 aliphatic heterocycles. The number of hydrogen-bond donors (Lipinski definition) is 0. The van der Waals surface area contributed by atoms with Gasteiger partial charge in [-0.15, -0.1) is 0 Å². The highest BCUT2D eigenvalue weighted by atomic mass is 16.2. The van der Waals surface area contributed by atoms with Crippen LogP contribution in [0.1, 0.15) is 45.4 Å². The van der Waals surface area contributed by atoms with E-state index in [0.717, 1.165) is 51.6 Å². The molecule has 1 aliphatic carbocycles. The van der Waals surface area contributed by atoms with Gasteiger partial charge in [-0.1, -0.05) is 0 Å². The molecule has 4 heteroatoms. The topological polar surface area (TPSA) is 40.6 Å². The standard InChI is InChI=1S/C16H28N2O2/c1-12(19)13-4-6-14(7-5-13)16(20)18-10-8-15(9-11-18)17(2)3/h13-15H,4-11H2,1-3H3. The highest BCUT2D eigenvalue weighted by Gasteiger charge is 2.32. The van der Waals surface area contributed by atoms with Gasteiger partial charge in [0.15, 0.2) is 0 Å². The molecule has 20 heavy (non-hydrogen) atoms. The van der Waals surface area contributed by atoms with Gasteiger partial charge in [0.05, 0.1) is 0 Å². The van der Waals surface area contributed by atoms with Crippen molar-refractivity contribution in [3.8, 4) is 0 Å². The van der Waals surface area contributed by atoms with Crippen LogP contribution in [0, 0.1) is 11.8 Å². The van der Waals surface area contributed by atoms with E-state index in [2.05, 4.69) is 23.9 Å². The molecule has 0 aromatic heterocycles. The Kier molecular flexibility index (Phi) is 5.19. The Bertz CT molecular complexity index is 351. The van der Waals surface area contributed by atoms with E-state index >= 15 is 0 Å². The quantitative estimate of drug-likeness (QED) is 0.793. The summed E-state index contributed by atoms with van der Waals surface area (Å²) in [6, 6.07) is 0.618. The SMILES string of the molecule is CC(=O)C1CCC(C(=O)N2CCC(N(C)C)CC2)CC1. The lowest BCUT2D eigenvalue weighted by Gasteiger charge is -2.38. The predicted octanol–water partition coefficient (Wildman–Crippen LogP) is 1.93. The third kappa shape index (κ3) is 3.60. The van der Waals surface area contributed by atoms with Gasteiger partial charge < -0.3 is 9.80 Å². The van der Waals surface area contributed by atoms with Crippen molar-refractivity contribution in [2.75, 3.05) is 27.2 Å². The fraction of sp³-hybridized carbons (Fsp3) is 0.875. The first-order valence-electron chi connectivity index (χ1n) is 7.94. The van der Waals surface area contributed by atoms with Crippen molar-refractivity contribution in [1.82, 2.24) is 9.80 Å². The van der Waals surface area contributed by atoms with E-state index in [1.165, 1.54) is 0 Å². The summed E-state index contributed by atoms with van der Waals surface area (Å²) < 4.78 is 0. The summed E-state index contributed by atoms with van der Waals surface area (Å²) in [5.74, 6) is 1.01. The van der Waals surface area contributed by atoms with E-state index in [9.17, 15) is 9.59 Å². The van der Waals surface area contributed by atoms with Crippen LogP contribution in [0.4, 0.5) is 0 Å². The molecular weight excluding hydrogens is 252 g/mol. The Labute approximate surface area is 122 Å². The average Bonchev–Trinajstić information content (AvgIpc) is 2.46. The van der Waals surface area contributed by atoms with Crippen molar-refractivity contribution in [2.24, 2.45) is 11.8 Å². The zero-order valence-corrected chi connectivity index (χ0v) is 13.1. The molecule has 2 rings (SSSR count). The molecule has 1 heterocycles. The second kappa shape index (κ2) is 6.70. The number of amides is 1. The second-order valence-electron chi connectivity index (χ2n) is 6.68. The molecule has 0 spiro atoms. The predicted molar refractivity (Wildman–Crippen MR) is 79.4 cm³/mol. The number of piperidine rings is 1. The summed E-state index contributed by atoms with van der Waals surface area (Å²) in [6.45, 7) is 3.47. The Morgan fingerprint density at radius 2 is 1.40 bits per heavy atom. The van der Waals surface area contributed by atoms with Crippen LogP contribution < -0.4 is 0 Å². The highest BCUT2D eigenvalue weighted by molar-refractivity contribution is 5.81.